The number of nitrogens with one attached hydrogen (secondary N) is 1. The topological polar surface area (TPSA) is 67.3 Å². The largest absolute Gasteiger partial charge is 0.364 e. The lowest BCUT2D eigenvalue weighted by Gasteiger charge is -2.25. The fourth-order valence-corrected chi connectivity index (χ4v) is 2.11. The standard InChI is InChI=1S/C15H16N4O2/c20-15(21-19-10-8-16-9-11-19)13-4-2-12(3-5-13)14-17-6-1-7-18-14/h1-7,16H,8-11H2. The lowest BCUT2D eigenvalue weighted by molar-refractivity contribution is -0.115. The molecule has 1 aliphatic heterocycles. The van der Waals surface area contributed by atoms with Gasteiger partial charge in [-0.15, -0.1) is 5.06 Å². The van der Waals surface area contributed by atoms with Crippen molar-refractivity contribution < 1.29 is 9.63 Å². The molecule has 1 aromatic heterocycles. The van der Waals surface area contributed by atoms with Crippen LogP contribution in [0, 0.1) is 0 Å². The van der Waals surface area contributed by atoms with E-state index in [0.29, 0.717) is 24.5 Å². The summed E-state index contributed by atoms with van der Waals surface area (Å²) in [5.41, 5.74) is 1.39. The van der Waals surface area contributed by atoms with Gasteiger partial charge in [0.25, 0.3) is 0 Å². The van der Waals surface area contributed by atoms with Crippen molar-refractivity contribution in [2.45, 2.75) is 0 Å². The molecule has 0 spiro atoms. The summed E-state index contributed by atoms with van der Waals surface area (Å²) in [7, 11) is 0. The van der Waals surface area contributed by atoms with E-state index in [1.54, 1.807) is 35.7 Å². The van der Waals surface area contributed by atoms with Crippen LogP contribution in [0.3, 0.4) is 0 Å². The Morgan fingerprint density at radius 1 is 1.10 bits per heavy atom. The van der Waals surface area contributed by atoms with E-state index >= 15 is 0 Å². The van der Waals surface area contributed by atoms with Crippen LogP contribution in [0.1, 0.15) is 10.4 Å². The van der Waals surface area contributed by atoms with Crippen molar-refractivity contribution in [2.75, 3.05) is 26.2 Å². The molecule has 0 atom stereocenters. The van der Waals surface area contributed by atoms with Crippen LogP contribution in [-0.4, -0.2) is 47.2 Å². The van der Waals surface area contributed by atoms with E-state index < -0.39 is 0 Å². The SMILES string of the molecule is O=C(ON1CCNCC1)c1ccc(-c2ncccn2)cc1. The fraction of sp³-hybridized carbons (Fsp3) is 0.267. The first-order chi connectivity index (χ1) is 10.3. The zero-order valence-corrected chi connectivity index (χ0v) is 11.5. The summed E-state index contributed by atoms with van der Waals surface area (Å²) in [6.45, 7) is 3.08. The highest BCUT2D eigenvalue weighted by molar-refractivity contribution is 5.89. The van der Waals surface area contributed by atoms with Crippen molar-refractivity contribution in [3.63, 3.8) is 0 Å². The van der Waals surface area contributed by atoms with Gasteiger partial charge in [-0.25, -0.2) is 14.8 Å². The molecular weight excluding hydrogens is 268 g/mol. The number of carbonyl (C=O) groups excluding carboxylic acids is 1. The third-order valence-electron chi connectivity index (χ3n) is 3.23. The highest BCUT2D eigenvalue weighted by Gasteiger charge is 2.16. The van der Waals surface area contributed by atoms with Gasteiger partial charge in [-0.1, -0.05) is 12.1 Å². The Morgan fingerprint density at radius 2 is 1.76 bits per heavy atom. The lowest BCUT2D eigenvalue weighted by Crippen LogP contribution is -2.44. The zero-order valence-electron chi connectivity index (χ0n) is 11.5. The van der Waals surface area contributed by atoms with E-state index in [1.165, 1.54) is 0 Å². The van der Waals surface area contributed by atoms with Gasteiger partial charge in [-0.3, -0.25) is 0 Å². The molecule has 1 saturated heterocycles. The number of hydrogen-bond donors (Lipinski definition) is 1. The first-order valence-corrected chi connectivity index (χ1v) is 6.88. The van der Waals surface area contributed by atoms with E-state index in [9.17, 15) is 4.79 Å². The maximum atomic E-state index is 12.0. The van der Waals surface area contributed by atoms with Crippen molar-refractivity contribution in [1.82, 2.24) is 20.3 Å². The van der Waals surface area contributed by atoms with Crippen molar-refractivity contribution in [1.29, 1.82) is 0 Å². The molecule has 0 saturated carbocycles. The zero-order chi connectivity index (χ0) is 14.5. The number of aromatic nitrogens is 2. The van der Waals surface area contributed by atoms with E-state index in [-0.39, 0.29) is 5.97 Å². The van der Waals surface area contributed by atoms with Gasteiger partial charge in [0, 0.05) is 44.1 Å². The smallest absolute Gasteiger partial charge is 0.357 e. The minimum atomic E-state index is -0.336. The Morgan fingerprint density at radius 3 is 2.43 bits per heavy atom. The maximum Gasteiger partial charge on any atom is 0.357 e. The minimum Gasteiger partial charge on any atom is -0.364 e. The van der Waals surface area contributed by atoms with Crippen molar-refractivity contribution >= 4 is 5.97 Å². The second-order valence-corrected chi connectivity index (χ2v) is 4.71. The van der Waals surface area contributed by atoms with Gasteiger partial charge >= 0.3 is 5.97 Å². The first-order valence-electron chi connectivity index (χ1n) is 6.88. The average molecular weight is 284 g/mol. The second-order valence-electron chi connectivity index (χ2n) is 4.71. The average Bonchev–Trinajstić information content (AvgIpc) is 2.57. The number of hydroxylamine groups is 2. The Hall–Kier alpha value is -2.31. The van der Waals surface area contributed by atoms with Crippen molar-refractivity contribution in [2.24, 2.45) is 0 Å². The molecule has 0 bridgehead atoms. The summed E-state index contributed by atoms with van der Waals surface area (Å²) in [5, 5.41) is 4.89. The molecule has 21 heavy (non-hydrogen) atoms. The predicted octanol–water partition coefficient (Wildman–Crippen LogP) is 1.12. The van der Waals surface area contributed by atoms with Gasteiger partial charge in [-0.2, -0.15) is 0 Å². The molecule has 6 heteroatoms. The molecule has 0 radical (unpaired) electrons. The Bertz CT molecular complexity index is 595. The van der Waals surface area contributed by atoms with Crippen LogP contribution in [0.5, 0.6) is 0 Å². The summed E-state index contributed by atoms with van der Waals surface area (Å²) < 4.78 is 0. The molecule has 2 heterocycles. The highest BCUT2D eigenvalue weighted by Crippen LogP contribution is 2.15. The van der Waals surface area contributed by atoms with Gasteiger partial charge in [0.2, 0.25) is 0 Å². The van der Waals surface area contributed by atoms with E-state index in [1.807, 2.05) is 12.1 Å². The third kappa shape index (κ3) is 3.42. The number of rotatable bonds is 3. The fourth-order valence-electron chi connectivity index (χ4n) is 2.11. The van der Waals surface area contributed by atoms with Gasteiger partial charge in [0.15, 0.2) is 5.82 Å². The van der Waals surface area contributed by atoms with Gasteiger partial charge in [0.1, 0.15) is 0 Å². The van der Waals surface area contributed by atoms with Crippen LogP contribution in [0.25, 0.3) is 11.4 Å². The van der Waals surface area contributed by atoms with Crippen molar-refractivity contribution in [3.05, 3.63) is 48.3 Å². The highest BCUT2D eigenvalue weighted by atomic mass is 16.7. The Balaban J connectivity index is 1.67. The maximum absolute atomic E-state index is 12.0. The molecule has 108 valence electrons. The predicted molar refractivity (Wildman–Crippen MR) is 77.3 cm³/mol. The Kier molecular flexibility index (Phi) is 4.18. The minimum absolute atomic E-state index is 0.336. The molecule has 2 aromatic rings. The second kappa shape index (κ2) is 6.43. The molecule has 0 amide bonds. The summed E-state index contributed by atoms with van der Waals surface area (Å²) in [6.07, 6.45) is 3.38. The van der Waals surface area contributed by atoms with Crippen LogP contribution in [0.2, 0.25) is 0 Å². The summed E-state index contributed by atoms with van der Waals surface area (Å²) in [6, 6.07) is 8.88. The molecule has 1 aliphatic rings. The summed E-state index contributed by atoms with van der Waals surface area (Å²) in [5.74, 6) is 0.303. The van der Waals surface area contributed by atoms with Crippen LogP contribution < -0.4 is 5.32 Å². The van der Waals surface area contributed by atoms with Crippen LogP contribution >= 0.6 is 0 Å². The number of piperazine rings is 1. The van der Waals surface area contributed by atoms with Gasteiger partial charge in [0.05, 0.1) is 5.56 Å². The van der Waals surface area contributed by atoms with E-state index in [4.69, 9.17) is 4.84 Å². The summed E-state index contributed by atoms with van der Waals surface area (Å²) >= 11 is 0. The monoisotopic (exact) mass is 284 g/mol. The number of hydrogen-bond acceptors (Lipinski definition) is 6. The number of carbonyl (C=O) groups is 1. The molecule has 1 fully saturated rings. The third-order valence-corrected chi connectivity index (χ3v) is 3.23. The molecule has 0 aliphatic carbocycles. The molecule has 3 rings (SSSR count). The van der Waals surface area contributed by atoms with Crippen LogP contribution in [0.15, 0.2) is 42.7 Å². The van der Waals surface area contributed by atoms with Gasteiger partial charge in [-0.05, 0) is 18.2 Å². The Labute approximate surface area is 122 Å². The normalized spacial score (nSPS) is 15.6. The molecular formula is C15H16N4O2. The molecule has 1 N–H and O–H groups in total. The van der Waals surface area contributed by atoms with E-state index in [0.717, 1.165) is 18.7 Å². The van der Waals surface area contributed by atoms with Crippen molar-refractivity contribution in [3.8, 4) is 11.4 Å². The summed E-state index contributed by atoms with van der Waals surface area (Å²) in [4.78, 5) is 25.7. The lowest BCUT2D eigenvalue weighted by atomic mass is 10.1. The quantitative estimate of drug-likeness (QED) is 0.911. The van der Waals surface area contributed by atoms with Crippen LogP contribution in [0.4, 0.5) is 0 Å². The molecule has 0 unspecified atom stereocenters. The number of benzene rings is 1. The number of nitrogens with zero attached hydrogens (tertiary/aromatic N) is 3. The van der Waals surface area contributed by atoms with E-state index in [2.05, 4.69) is 15.3 Å². The van der Waals surface area contributed by atoms with Crippen LogP contribution in [-0.2, 0) is 4.84 Å². The first kappa shape index (κ1) is 13.7. The molecule has 1 aromatic carbocycles. The van der Waals surface area contributed by atoms with Gasteiger partial charge < -0.3 is 10.2 Å². The molecule has 6 nitrogen and oxygen atoms in total.